The summed E-state index contributed by atoms with van der Waals surface area (Å²) in [5, 5.41) is 6.97. The second-order valence-electron chi connectivity index (χ2n) is 9.51. The van der Waals surface area contributed by atoms with Gasteiger partial charge >= 0.3 is 0 Å². The Balaban J connectivity index is 1.31. The molecule has 2 N–H and O–H groups in total. The van der Waals surface area contributed by atoms with Gasteiger partial charge in [0.1, 0.15) is 5.00 Å². The van der Waals surface area contributed by atoms with Crippen LogP contribution in [0.2, 0.25) is 0 Å². The normalized spacial score (nSPS) is 19.8. The molecule has 0 radical (unpaired) electrons. The number of pyridine rings is 1. The molecule has 2 fully saturated rings. The number of amides is 2. The lowest BCUT2D eigenvalue weighted by molar-refractivity contribution is -0.117. The summed E-state index contributed by atoms with van der Waals surface area (Å²) in [7, 11) is 0. The van der Waals surface area contributed by atoms with Crippen LogP contribution >= 0.6 is 23.6 Å². The Morgan fingerprint density at radius 1 is 1.09 bits per heavy atom. The smallest absolute Gasteiger partial charge is 0.254 e. The van der Waals surface area contributed by atoms with Crippen molar-refractivity contribution in [3.8, 4) is 0 Å². The van der Waals surface area contributed by atoms with E-state index < -0.39 is 0 Å². The molecule has 3 aliphatic carbocycles. The fraction of sp³-hybridized carbons (Fsp3) is 0.520. The van der Waals surface area contributed by atoms with E-state index in [1.54, 1.807) is 23.7 Å². The molecule has 1 atom stereocenters. The van der Waals surface area contributed by atoms with E-state index in [4.69, 9.17) is 12.2 Å². The van der Waals surface area contributed by atoms with E-state index >= 15 is 0 Å². The van der Waals surface area contributed by atoms with Gasteiger partial charge in [0.25, 0.3) is 5.91 Å². The Kier molecular flexibility index (Phi) is 6.37. The molecule has 7 heteroatoms. The number of carbonyl (C=O) groups is 2. The Hall–Kier alpha value is -2.12. The largest absolute Gasteiger partial charge is 0.352 e. The molecule has 0 aliphatic heterocycles. The van der Waals surface area contributed by atoms with Gasteiger partial charge in [-0.05, 0) is 91.3 Å². The highest BCUT2D eigenvalue weighted by Gasteiger charge is 2.34. The topological polar surface area (TPSA) is 71.1 Å². The van der Waals surface area contributed by atoms with Crippen LogP contribution in [-0.4, -0.2) is 28.2 Å². The zero-order valence-corrected chi connectivity index (χ0v) is 19.8. The monoisotopic (exact) mass is 467 g/mol. The summed E-state index contributed by atoms with van der Waals surface area (Å²) in [6.07, 6.45) is 12.5. The molecule has 168 valence electrons. The number of hydrogen-bond acceptors (Lipinski definition) is 5. The first-order valence-corrected chi connectivity index (χ1v) is 12.9. The molecule has 0 spiro atoms. The maximum atomic E-state index is 13.2. The third-order valence-electron chi connectivity index (χ3n) is 6.69. The van der Waals surface area contributed by atoms with Crippen molar-refractivity contribution in [3.63, 3.8) is 0 Å². The Labute approximate surface area is 198 Å². The lowest BCUT2D eigenvalue weighted by Crippen LogP contribution is -2.28. The van der Waals surface area contributed by atoms with Gasteiger partial charge in [0, 0.05) is 36.2 Å². The summed E-state index contributed by atoms with van der Waals surface area (Å²) in [6.45, 7) is 0.735. The van der Waals surface area contributed by atoms with E-state index in [1.165, 1.54) is 23.3 Å². The molecule has 5 nitrogen and oxygen atoms in total. The fourth-order valence-electron chi connectivity index (χ4n) is 4.49. The Morgan fingerprint density at radius 2 is 1.88 bits per heavy atom. The van der Waals surface area contributed by atoms with Crippen LogP contribution in [0.3, 0.4) is 0 Å². The SMILES string of the molecule is O=C(NCC1CC1)c1c(NC(=O)C2CC2)sc2c1C[C@@H](CC(=S)Cc1ccncc1)CC2. The average molecular weight is 468 g/mol. The van der Waals surface area contributed by atoms with Crippen LogP contribution in [0, 0.1) is 17.8 Å². The van der Waals surface area contributed by atoms with Crippen molar-refractivity contribution >= 4 is 45.2 Å². The van der Waals surface area contributed by atoms with Crippen molar-refractivity contribution < 1.29 is 9.59 Å². The summed E-state index contributed by atoms with van der Waals surface area (Å²) < 4.78 is 0. The highest BCUT2D eigenvalue weighted by molar-refractivity contribution is 7.80. The lowest BCUT2D eigenvalue weighted by Gasteiger charge is -2.23. The average Bonchev–Trinajstić information content (AvgIpc) is 3.69. The first kappa shape index (κ1) is 21.7. The van der Waals surface area contributed by atoms with Gasteiger partial charge in [-0.1, -0.05) is 12.2 Å². The second kappa shape index (κ2) is 9.40. The number of hydrogen-bond donors (Lipinski definition) is 2. The summed E-state index contributed by atoms with van der Waals surface area (Å²) >= 11 is 7.33. The summed E-state index contributed by atoms with van der Waals surface area (Å²) in [5.41, 5.74) is 3.05. The van der Waals surface area contributed by atoms with Crippen LogP contribution in [0.15, 0.2) is 24.5 Å². The molecule has 2 saturated carbocycles. The summed E-state index contributed by atoms with van der Waals surface area (Å²) in [5.74, 6) is 1.22. The lowest BCUT2D eigenvalue weighted by atomic mass is 9.83. The third-order valence-corrected chi connectivity index (χ3v) is 8.21. The van der Waals surface area contributed by atoms with E-state index in [9.17, 15) is 9.59 Å². The maximum absolute atomic E-state index is 13.2. The molecule has 0 aromatic carbocycles. The van der Waals surface area contributed by atoms with Gasteiger partial charge in [0.15, 0.2) is 0 Å². The molecule has 0 unspecified atom stereocenters. The molecular formula is C25H29N3O2S2. The Morgan fingerprint density at radius 3 is 2.59 bits per heavy atom. The van der Waals surface area contributed by atoms with E-state index in [0.29, 0.717) is 17.4 Å². The van der Waals surface area contributed by atoms with Crippen molar-refractivity contribution in [1.82, 2.24) is 10.3 Å². The van der Waals surface area contributed by atoms with E-state index in [-0.39, 0.29) is 17.7 Å². The van der Waals surface area contributed by atoms with Gasteiger partial charge < -0.3 is 10.6 Å². The quantitative estimate of drug-likeness (QED) is 0.523. The number of rotatable bonds is 9. The number of aromatic nitrogens is 1. The van der Waals surface area contributed by atoms with E-state index in [1.807, 2.05) is 12.1 Å². The number of thiophene rings is 1. The van der Waals surface area contributed by atoms with Crippen LogP contribution in [0.5, 0.6) is 0 Å². The minimum absolute atomic E-state index is 0.0273. The third kappa shape index (κ3) is 5.26. The number of nitrogens with one attached hydrogen (secondary N) is 2. The molecule has 2 amide bonds. The predicted octanol–water partition coefficient (Wildman–Crippen LogP) is 4.74. The first-order chi connectivity index (χ1) is 15.6. The molecule has 0 bridgehead atoms. The van der Waals surface area contributed by atoms with Crippen molar-refractivity contribution in [2.75, 3.05) is 11.9 Å². The van der Waals surface area contributed by atoms with Crippen LogP contribution in [0.4, 0.5) is 5.00 Å². The maximum Gasteiger partial charge on any atom is 0.254 e. The van der Waals surface area contributed by atoms with Crippen LogP contribution < -0.4 is 10.6 Å². The molecule has 2 aromatic rings. The Bertz CT molecular complexity index is 1030. The molecule has 2 aromatic heterocycles. The molecule has 32 heavy (non-hydrogen) atoms. The highest BCUT2D eigenvalue weighted by atomic mass is 32.1. The second-order valence-corrected chi connectivity index (χ2v) is 11.2. The van der Waals surface area contributed by atoms with Gasteiger partial charge in [-0.2, -0.15) is 0 Å². The van der Waals surface area contributed by atoms with Gasteiger partial charge in [0.2, 0.25) is 5.91 Å². The molecular weight excluding hydrogens is 438 g/mol. The number of thiocarbonyl (C=S) groups is 1. The van der Waals surface area contributed by atoms with Gasteiger partial charge in [-0.15, -0.1) is 11.3 Å². The molecule has 0 saturated heterocycles. The minimum Gasteiger partial charge on any atom is -0.352 e. The van der Waals surface area contributed by atoms with Crippen molar-refractivity contribution in [3.05, 3.63) is 46.1 Å². The number of nitrogens with zero attached hydrogens (tertiary/aromatic N) is 1. The standard InChI is InChI=1S/C25H29N3O2S2/c29-23(18-4-5-18)28-25-22(24(30)27-14-16-1-2-16)20-13-17(3-6-21(20)32-25)12-19(31)11-15-7-9-26-10-8-15/h7-10,16-18H,1-6,11-14H2,(H,27,30)(H,28,29)/t17-/m1/s1. The van der Waals surface area contributed by atoms with Gasteiger partial charge in [-0.3, -0.25) is 14.6 Å². The number of aryl methyl sites for hydroxylation is 1. The summed E-state index contributed by atoms with van der Waals surface area (Å²) in [4.78, 5) is 32.0. The number of anilines is 1. The predicted molar refractivity (Wildman–Crippen MR) is 131 cm³/mol. The number of fused-ring (bicyclic) bond motifs is 1. The van der Waals surface area contributed by atoms with Crippen LogP contribution in [0.25, 0.3) is 0 Å². The molecule has 2 heterocycles. The number of carbonyl (C=O) groups excluding carboxylic acids is 2. The van der Waals surface area contributed by atoms with Crippen molar-refractivity contribution in [2.45, 2.75) is 57.8 Å². The zero-order valence-electron chi connectivity index (χ0n) is 18.2. The van der Waals surface area contributed by atoms with Gasteiger partial charge in [0.05, 0.1) is 5.56 Å². The summed E-state index contributed by atoms with van der Waals surface area (Å²) in [6, 6.07) is 4.03. The van der Waals surface area contributed by atoms with Gasteiger partial charge in [-0.25, -0.2) is 0 Å². The minimum atomic E-state index is -0.0273. The van der Waals surface area contributed by atoms with Crippen molar-refractivity contribution in [1.29, 1.82) is 0 Å². The molecule has 5 rings (SSSR count). The van der Waals surface area contributed by atoms with Crippen LogP contribution in [-0.2, 0) is 24.1 Å². The molecule has 3 aliphatic rings. The highest BCUT2D eigenvalue weighted by Crippen LogP contribution is 2.42. The zero-order chi connectivity index (χ0) is 22.1. The van der Waals surface area contributed by atoms with E-state index in [0.717, 1.165) is 66.9 Å². The first-order valence-electron chi connectivity index (χ1n) is 11.7. The van der Waals surface area contributed by atoms with Crippen LogP contribution in [0.1, 0.15) is 64.9 Å². The van der Waals surface area contributed by atoms with E-state index in [2.05, 4.69) is 15.6 Å². The fourth-order valence-corrected chi connectivity index (χ4v) is 6.13. The van der Waals surface area contributed by atoms with Crippen molar-refractivity contribution in [2.24, 2.45) is 17.8 Å².